The van der Waals surface area contributed by atoms with E-state index < -0.39 is 0 Å². The molecule has 0 aliphatic carbocycles. The Hall–Kier alpha value is -2.00. The fourth-order valence-electron chi connectivity index (χ4n) is 2.06. The van der Waals surface area contributed by atoms with E-state index in [1.165, 1.54) is 0 Å². The molecule has 0 atom stereocenters. The molecular weight excluding hydrogens is 284 g/mol. The van der Waals surface area contributed by atoms with Crippen LogP contribution in [0, 0.1) is 0 Å². The van der Waals surface area contributed by atoms with Gasteiger partial charge >= 0.3 is 6.03 Å². The average molecular weight is 303 g/mol. The van der Waals surface area contributed by atoms with E-state index in [1.807, 2.05) is 61.5 Å². The van der Waals surface area contributed by atoms with Gasteiger partial charge in [0.2, 0.25) is 0 Å². The van der Waals surface area contributed by atoms with Crippen molar-refractivity contribution in [2.45, 2.75) is 20.0 Å². The van der Waals surface area contributed by atoms with Crippen LogP contribution in [0.25, 0.3) is 0 Å². The Morgan fingerprint density at radius 3 is 2.43 bits per heavy atom. The molecule has 0 aromatic heterocycles. The summed E-state index contributed by atoms with van der Waals surface area (Å²) in [6.45, 7) is 3.66. The highest BCUT2D eigenvalue weighted by Gasteiger charge is 2.12. The van der Waals surface area contributed by atoms with Gasteiger partial charge in [0, 0.05) is 24.7 Å². The topological polar surface area (TPSA) is 32.3 Å². The van der Waals surface area contributed by atoms with Gasteiger partial charge in [0.15, 0.2) is 0 Å². The first kappa shape index (κ1) is 15.4. The lowest BCUT2D eigenvalue weighted by atomic mass is 10.2. The zero-order chi connectivity index (χ0) is 15.1. The Labute approximate surface area is 130 Å². The smallest absolute Gasteiger partial charge is 0.317 e. The molecule has 4 heteroatoms. The molecule has 0 spiro atoms. The van der Waals surface area contributed by atoms with Gasteiger partial charge in [0.25, 0.3) is 0 Å². The molecule has 2 rings (SSSR count). The van der Waals surface area contributed by atoms with Crippen molar-refractivity contribution >= 4 is 17.6 Å². The molecule has 0 unspecified atom stereocenters. The van der Waals surface area contributed by atoms with Gasteiger partial charge in [-0.3, -0.25) is 0 Å². The molecule has 21 heavy (non-hydrogen) atoms. The molecule has 0 bridgehead atoms. The quantitative estimate of drug-likeness (QED) is 0.887. The van der Waals surface area contributed by atoms with Crippen molar-refractivity contribution in [1.82, 2.24) is 10.2 Å². The molecule has 2 aromatic carbocycles. The predicted molar refractivity (Wildman–Crippen MR) is 86.2 cm³/mol. The number of carbonyl (C=O) groups is 1. The Morgan fingerprint density at radius 2 is 1.76 bits per heavy atom. The maximum Gasteiger partial charge on any atom is 0.317 e. The SMILES string of the molecule is CCN(Cc1ccccc1)C(=O)NCc1ccccc1Cl. The first-order chi connectivity index (χ1) is 10.2. The monoisotopic (exact) mass is 302 g/mol. The van der Waals surface area contributed by atoms with Gasteiger partial charge in [-0.15, -0.1) is 0 Å². The second kappa shape index (κ2) is 7.70. The van der Waals surface area contributed by atoms with Crippen molar-refractivity contribution in [2.24, 2.45) is 0 Å². The Balaban J connectivity index is 1.93. The largest absolute Gasteiger partial charge is 0.334 e. The van der Waals surface area contributed by atoms with Crippen molar-refractivity contribution in [2.75, 3.05) is 6.54 Å². The third kappa shape index (κ3) is 4.50. The summed E-state index contributed by atoms with van der Waals surface area (Å²) >= 11 is 6.09. The number of rotatable bonds is 5. The summed E-state index contributed by atoms with van der Waals surface area (Å²) in [6, 6.07) is 17.4. The molecular formula is C17H19ClN2O. The van der Waals surface area contributed by atoms with Crippen LogP contribution in [-0.2, 0) is 13.1 Å². The van der Waals surface area contributed by atoms with E-state index >= 15 is 0 Å². The maximum atomic E-state index is 12.2. The van der Waals surface area contributed by atoms with Crippen molar-refractivity contribution < 1.29 is 4.79 Å². The first-order valence-corrected chi connectivity index (χ1v) is 7.38. The molecule has 1 N–H and O–H groups in total. The van der Waals surface area contributed by atoms with E-state index in [9.17, 15) is 4.79 Å². The molecule has 0 saturated heterocycles. The summed E-state index contributed by atoms with van der Waals surface area (Å²) in [4.78, 5) is 14.0. The zero-order valence-corrected chi connectivity index (χ0v) is 12.8. The highest BCUT2D eigenvalue weighted by molar-refractivity contribution is 6.31. The number of urea groups is 1. The number of halogens is 1. The first-order valence-electron chi connectivity index (χ1n) is 7.00. The summed E-state index contributed by atoms with van der Waals surface area (Å²) in [6.07, 6.45) is 0. The van der Waals surface area contributed by atoms with E-state index in [0.29, 0.717) is 24.7 Å². The predicted octanol–water partition coefficient (Wildman–Crippen LogP) is 4.07. The lowest BCUT2D eigenvalue weighted by Crippen LogP contribution is -2.39. The fourth-order valence-corrected chi connectivity index (χ4v) is 2.26. The highest BCUT2D eigenvalue weighted by atomic mass is 35.5. The van der Waals surface area contributed by atoms with Crippen LogP contribution in [0.4, 0.5) is 4.79 Å². The van der Waals surface area contributed by atoms with E-state index in [2.05, 4.69) is 5.32 Å². The number of nitrogens with zero attached hydrogens (tertiary/aromatic N) is 1. The summed E-state index contributed by atoms with van der Waals surface area (Å²) in [7, 11) is 0. The Morgan fingerprint density at radius 1 is 1.10 bits per heavy atom. The number of nitrogens with one attached hydrogen (secondary N) is 1. The standard InChI is InChI=1S/C17H19ClN2O/c1-2-20(13-14-8-4-3-5-9-14)17(21)19-12-15-10-6-7-11-16(15)18/h3-11H,2,12-13H2,1H3,(H,19,21). The number of hydrogen-bond donors (Lipinski definition) is 1. The molecule has 2 amide bonds. The van der Waals surface area contributed by atoms with Gasteiger partial charge in [-0.2, -0.15) is 0 Å². The van der Waals surface area contributed by atoms with Crippen LogP contribution < -0.4 is 5.32 Å². The minimum absolute atomic E-state index is 0.0822. The van der Waals surface area contributed by atoms with E-state index in [0.717, 1.165) is 11.1 Å². The minimum atomic E-state index is -0.0822. The number of benzene rings is 2. The molecule has 0 heterocycles. The van der Waals surface area contributed by atoms with E-state index in [-0.39, 0.29) is 6.03 Å². The second-order valence-electron chi connectivity index (χ2n) is 4.75. The molecule has 0 fully saturated rings. The third-order valence-corrected chi connectivity index (χ3v) is 3.64. The highest BCUT2D eigenvalue weighted by Crippen LogP contribution is 2.14. The summed E-state index contributed by atoms with van der Waals surface area (Å²) in [5, 5.41) is 3.58. The lowest BCUT2D eigenvalue weighted by Gasteiger charge is -2.21. The molecule has 0 aliphatic heterocycles. The third-order valence-electron chi connectivity index (χ3n) is 3.27. The zero-order valence-electron chi connectivity index (χ0n) is 12.1. The van der Waals surface area contributed by atoms with Crippen molar-refractivity contribution in [3.63, 3.8) is 0 Å². The van der Waals surface area contributed by atoms with Gasteiger partial charge in [-0.1, -0.05) is 60.1 Å². The normalized spacial score (nSPS) is 10.2. The van der Waals surface area contributed by atoms with Crippen molar-refractivity contribution in [1.29, 1.82) is 0 Å². The van der Waals surface area contributed by atoms with Crippen LogP contribution in [0.15, 0.2) is 54.6 Å². The number of amides is 2. The van der Waals surface area contributed by atoms with Crippen molar-refractivity contribution in [3.05, 3.63) is 70.7 Å². The van der Waals surface area contributed by atoms with Gasteiger partial charge in [0.1, 0.15) is 0 Å². The van der Waals surface area contributed by atoms with Crippen LogP contribution in [-0.4, -0.2) is 17.5 Å². The molecule has 2 aromatic rings. The van der Waals surface area contributed by atoms with Crippen LogP contribution in [0.3, 0.4) is 0 Å². The Bertz CT molecular complexity index is 586. The van der Waals surface area contributed by atoms with Gasteiger partial charge in [0.05, 0.1) is 0 Å². The molecule has 3 nitrogen and oxygen atoms in total. The lowest BCUT2D eigenvalue weighted by molar-refractivity contribution is 0.197. The second-order valence-corrected chi connectivity index (χ2v) is 5.16. The van der Waals surface area contributed by atoms with E-state index in [4.69, 9.17) is 11.6 Å². The van der Waals surface area contributed by atoms with Crippen molar-refractivity contribution in [3.8, 4) is 0 Å². The Kier molecular flexibility index (Phi) is 5.64. The van der Waals surface area contributed by atoms with Crippen LogP contribution >= 0.6 is 11.6 Å². The van der Waals surface area contributed by atoms with Crippen LogP contribution in [0.1, 0.15) is 18.1 Å². The van der Waals surface area contributed by atoms with Gasteiger partial charge in [-0.05, 0) is 24.1 Å². The average Bonchev–Trinajstić information content (AvgIpc) is 2.52. The maximum absolute atomic E-state index is 12.2. The van der Waals surface area contributed by atoms with E-state index in [1.54, 1.807) is 4.90 Å². The molecule has 110 valence electrons. The van der Waals surface area contributed by atoms with Gasteiger partial charge in [-0.25, -0.2) is 4.79 Å². The van der Waals surface area contributed by atoms with Crippen LogP contribution in [0.5, 0.6) is 0 Å². The number of carbonyl (C=O) groups excluding carboxylic acids is 1. The fraction of sp³-hybridized carbons (Fsp3) is 0.235. The molecule has 0 saturated carbocycles. The van der Waals surface area contributed by atoms with Gasteiger partial charge < -0.3 is 10.2 Å². The molecule has 0 radical (unpaired) electrons. The summed E-state index contributed by atoms with van der Waals surface area (Å²) in [5.74, 6) is 0. The number of hydrogen-bond acceptors (Lipinski definition) is 1. The summed E-state index contributed by atoms with van der Waals surface area (Å²) < 4.78 is 0. The molecule has 0 aliphatic rings. The summed E-state index contributed by atoms with van der Waals surface area (Å²) in [5.41, 5.74) is 2.04. The minimum Gasteiger partial charge on any atom is -0.334 e. The van der Waals surface area contributed by atoms with Crippen LogP contribution in [0.2, 0.25) is 5.02 Å².